The van der Waals surface area contributed by atoms with Gasteiger partial charge in [0.25, 0.3) is 0 Å². The molecule has 2 aromatic rings. The number of aryl methyl sites for hydroxylation is 1. The molecule has 4 nitrogen and oxygen atoms in total. The SMILES string of the molecule is C=CC(O)(NS(=O)(=O)c1ccccc1C)c1ccccc1. The topological polar surface area (TPSA) is 66.4 Å². The Hall–Kier alpha value is -1.95. The van der Waals surface area contributed by atoms with E-state index in [2.05, 4.69) is 11.3 Å². The summed E-state index contributed by atoms with van der Waals surface area (Å²) in [5, 5.41) is 10.6. The van der Waals surface area contributed by atoms with Crippen molar-refractivity contribution >= 4 is 10.0 Å². The van der Waals surface area contributed by atoms with E-state index in [1.54, 1.807) is 55.5 Å². The third-order valence-corrected chi connectivity index (χ3v) is 4.80. The Balaban J connectivity index is 2.43. The molecule has 1 unspecified atom stereocenters. The van der Waals surface area contributed by atoms with Crippen LogP contribution >= 0.6 is 0 Å². The fourth-order valence-corrected chi connectivity index (χ4v) is 3.50. The number of sulfonamides is 1. The van der Waals surface area contributed by atoms with Gasteiger partial charge in [-0.3, -0.25) is 0 Å². The van der Waals surface area contributed by atoms with Crippen LogP contribution < -0.4 is 4.72 Å². The van der Waals surface area contributed by atoms with E-state index in [-0.39, 0.29) is 4.90 Å². The molecule has 0 fully saturated rings. The zero-order chi connectivity index (χ0) is 15.5. The summed E-state index contributed by atoms with van der Waals surface area (Å²) >= 11 is 0. The number of nitrogens with one attached hydrogen (secondary N) is 1. The molecule has 0 aromatic heterocycles. The predicted molar refractivity (Wildman–Crippen MR) is 82.0 cm³/mol. The normalized spacial score (nSPS) is 14.4. The summed E-state index contributed by atoms with van der Waals surface area (Å²) < 4.78 is 27.3. The van der Waals surface area contributed by atoms with Crippen LogP contribution in [-0.2, 0) is 15.7 Å². The van der Waals surface area contributed by atoms with Gasteiger partial charge >= 0.3 is 0 Å². The summed E-state index contributed by atoms with van der Waals surface area (Å²) in [6.07, 6.45) is 1.16. The van der Waals surface area contributed by atoms with Crippen LogP contribution in [0.4, 0.5) is 0 Å². The maximum atomic E-state index is 12.5. The van der Waals surface area contributed by atoms with E-state index in [9.17, 15) is 13.5 Å². The minimum atomic E-state index is -3.88. The Kier molecular flexibility index (Phi) is 4.27. The Labute approximate surface area is 124 Å². The van der Waals surface area contributed by atoms with Crippen molar-refractivity contribution in [2.45, 2.75) is 17.5 Å². The van der Waals surface area contributed by atoms with Crippen LogP contribution in [0.5, 0.6) is 0 Å². The fraction of sp³-hybridized carbons (Fsp3) is 0.125. The number of aliphatic hydroxyl groups is 1. The van der Waals surface area contributed by atoms with Gasteiger partial charge in [0, 0.05) is 5.56 Å². The number of hydrogen-bond donors (Lipinski definition) is 2. The van der Waals surface area contributed by atoms with E-state index in [0.29, 0.717) is 11.1 Å². The van der Waals surface area contributed by atoms with Gasteiger partial charge in [-0.15, -0.1) is 0 Å². The van der Waals surface area contributed by atoms with Crippen LogP contribution in [0.1, 0.15) is 11.1 Å². The Morgan fingerprint density at radius 3 is 2.24 bits per heavy atom. The van der Waals surface area contributed by atoms with Gasteiger partial charge in [0.2, 0.25) is 10.0 Å². The Morgan fingerprint density at radius 2 is 1.67 bits per heavy atom. The van der Waals surface area contributed by atoms with E-state index in [1.165, 1.54) is 6.07 Å². The van der Waals surface area contributed by atoms with E-state index in [1.807, 2.05) is 0 Å². The zero-order valence-electron chi connectivity index (χ0n) is 11.7. The molecule has 0 spiro atoms. The van der Waals surface area contributed by atoms with E-state index in [0.717, 1.165) is 6.08 Å². The number of hydrogen-bond acceptors (Lipinski definition) is 3. The monoisotopic (exact) mass is 303 g/mol. The Morgan fingerprint density at radius 1 is 1.10 bits per heavy atom. The highest BCUT2D eigenvalue weighted by Gasteiger charge is 2.32. The van der Waals surface area contributed by atoms with Crippen LogP contribution in [0, 0.1) is 6.92 Å². The second-order valence-corrected chi connectivity index (χ2v) is 6.36. The largest absolute Gasteiger partial charge is 0.367 e. The Bertz CT molecular complexity index is 741. The molecule has 0 amide bonds. The van der Waals surface area contributed by atoms with Crippen molar-refractivity contribution in [1.29, 1.82) is 0 Å². The molecule has 1 atom stereocenters. The second kappa shape index (κ2) is 5.81. The maximum absolute atomic E-state index is 12.5. The van der Waals surface area contributed by atoms with Gasteiger partial charge < -0.3 is 5.11 Å². The van der Waals surface area contributed by atoms with Gasteiger partial charge in [-0.2, -0.15) is 4.72 Å². The molecule has 0 saturated carbocycles. The third kappa shape index (κ3) is 3.21. The lowest BCUT2D eigenvalue weighted by Gasteiger charge is -2.26. The van der Waals surface area contributed by atoms with E-state index >= 15 is 0 Å². The van der Waals surface area contributed by atoms with Crippen molar-refractivity contribution in [1.82, 2.24) is 4.72 Å². The van der Waals surface area contributed by atoms with Crippen molar-refractivity contribution in [2.75, 3.05) is 0 Å². The number of benzene rings is 2. The molecule has 2 N–H and O–H groups in total. The highest BCUT2D eigenvalue weighted by molar-refractivity contribution is 7.89. The van der Waals surface area contributed by atoms with Crippen molar-refractivity contribution in [2.24, 2.45) is 0 Å². The molecule has 0 aliphatic heterocycles. The minimum Gasteiger partial charge on any atom is -0.367 e. The van der Waals surface area contributed by atoms with Crippen molar-refractivity contribution < 1.29 is 13.5 Å². The first-order valence-corrected chi connectivity index (χ1v) is 7.88. The lowest BCUT2D eigenvalue weighted by Crippen LogP contribution is -2.44. The maximum Gasteiger partial charge on any atom is 0.243 e. The summed E-state index contributed by atoms with van der Waals surface area (Å²) in [5.74, 6) is 0. The van der Waals surface area contributed by atoms with Gasteiger partial charge in [0.05, 0.1) is 4.90 Å². The summed E-state index contributed by atoms with van der Waals surface area (Å²) in [7, 11) is -3.88. The zero-order valence-corrected chi connectivity index (χ0v) is 12.5. The lowest BCUT2D eigenvalue weighted by atomic mass is 10.0. The lowest BCUT2D eigenvalue weighted by molar-refractivity contribution is 0.0778. The summed E-state index contributed by atoms with van der Waals surface area (Å²) in [6.45, 7) is 5.23. The molecule has 2 rings (SSSR count). The van der Waals surface area contributed by atoms with E-state index in [4.69, 9.17) is 0 Å². The second-order valence-electron chi connectivity index (χ2n) is 4.71. The van der Waals surface area contributed by atoms with Crippen molar-refractivity contribution in [3.8, 4) is 0 Å². The van der Waals surface area contributed by atoms with Crippen LogP contribution in [0.25, 0.3) is 0 Å². The molecule has 2 aromatic carbocycles. The highest BCUT2D eigenvalue weighted by atomic mass is 32.2. The molecule has 0 radical (unpaired) electrons. The van der Waals surface area contributed by atoms with Gasteiger partial charge in [0.1, 0.15) is 0 Å². The van der Waals surface area contributed by atoms with Gasteiger partial charge in [0.15, 0.2) is 5.72 Å². The summed E-state index contributed by atoms with van der Waals surface area (Å²) in [6, 6.07) is 15.0. The molecule has 0 aliphatic rings. The fourth-order valence-electron chi connectivity index (χ4n) is 2.03. The first-order chi connectivity index (χ1) is 9.89. The van der Waals surface area contributed by atoms with Crippen LogP contribution in [0.2, 0.25) is 0 Å². The smallest absolute Gasteiger partial charge is 0.243 e. The van der Waals surface area contributed by atoms with Gasteiger partial charge in [-0.1, -0.05) is 55.1 Å². The molecular weight excluding hydrogens is 286 g/mol. The van der Waals surface area contributed by atoms with Gasteiger partial charge in [-0.25, -0.2) is 8.42 Å². The van der Waals surface area contributed by atoms with Crippen LogP contribution in [0.15, 0.2) is 72.1 Å². The summed E-state index contributed by atoms with van der Waals surface area (Å²) in [4.78, 5) is 0.126. The molecule has 0 heterocycles. The third-order valence-electron chi connectivity index (χ3n) is 3.18. The van der Waals surface area contributed by atoms with Crippen LogP contribution in [-0.4, -0.2) is 13.5 Å². The van der Waals surface area contributed by atoms with Crippen molar-refractivity contribution in [3.63, 3.8) is 0 Å². The summed E-state index contributed by atoms with van der Waals surface area (Å²) in [5.41, 5.74) is -0.857. The quantitative estimate of drug-likeness (QED) is 0.658. The first kappa shape index (κ1) is 15.4. The predicted octanol–water partition coefficient (Wildman–Crippen LogP) is 2.30. The molecule has 110 valence electrons. The molecule has 5 heteroatoms. The minimum absolute atomic E-state index is 0.126. The first-order valence-electron chi connectivity index (χ1n) is 6.40. The molecule has 0 aliphatic carbocycles. The van der Waals surface area contributed by atoms with Crippen molar-refractivity contribution in [3.05, 3.63) is 78.4 Å². The standard InChI is InChI=1S/C16H17NO3S/c1-3-16(18,14-10-5-4-6-11-14)17-21(19,20)15-12-8-7-9-13(15)2/h3-12,17-18H,1H2,2H3. The highest BCUT2D eigenvalue weighted by Crippen LogP contribution is 2.23. The average Bonchev–Trinajstić information content (AvgIpc) is 2.48. The molecular formula is C16H17NO3S. The van der Waals surface area contributed by atoms with Crippen LogP contribution in [0.3, 0.4) is 0 Å². The number of rotatable bonds is 5. The average molecular weight is 303 g/mol. The molecule has 0 saturated heterocycles. The molecule has 0 bridgehead atoms. The molecule has 21 heavy (non-hydrogen) atoms. The van der Waals surface area contributed by atoms with E-state index < -0.39 is 15.7 Å². The van der Waals surface area contributed by atoms with Gasteiger partial charge in [-0.05, 0) is 24.6 Å².